The number of aliphatic hydroxyl groups is 1. The van der Waals surface area contributed by atoms with Crippen LogP contribution in [0.25, 0.3) is 0 Å². The first-order chi connectivity index (χ1) is 11.3. The SMILES string of the molecule is C#CCN(C[C@@H](O)CN1CCOCC1)[C@@H]1CCc2ccccc21. The standard InChI is InChI=1S/C19H26N2O2/c1-2-9-21(15-17(22)14-20-10-12-23-13-11-20)19-8-7-16-5-3-4-6-18(16)19/h1,3-6,17,19,22H,7-15H2/t17-,19+/m0/s1. The number of benzene rings is 1. The molecule has 1 heterocycles. The molecule has 1 aromatic rings. The molecule has 1 fully saturated rings. The highest BCUT2D eigenvalue weighted by molar-refractivity contribution is 5.34. The molecule has 4 nitrogen and oxygen atoms in total. The number of nitrogens with zero attached hydrogens (tertiary/aromatic N) is 2. The number of ether oxygens (including phenoxy) is 1. The molecule has 4 heteroatoms. The molecule has 0 amide bonds. The predicted octanol–water partition coefficient (Wildman–Crippen LogP) is 1.30. The Hall–Kier alpha value is -1.38. The maximum Gasteiger partial charge on any atom is 0.0794 e. The van der Waals surface area contributed by atoms with E-state index in [9.17, 15) is 5.11 Å². The van der Waals surface area contributed by atoms with Gasteiger partial charge in [-0.1, -0.05) is 30.2 Å². The fraction of sp³-hybridized carbons (Fsp3) is 0.579. The van der Waals surface area contributed by atoms with Crippen LogP contribution in [-0.4, -0.2) is 66.9 Å². The first kappa shape index (κ1) is 16.5. The van der Waals surface area contributed by atoms with E-state index in [0.29, 0.717) is 25.7 Å². The molecular formula is C19H26N2O2. The van der Waals surface area contributed by atoms with E-state index < -0.39 is 0 Å². The molecule has 2 atom stereocenters. The molecule has 1 saturated heterocycles. The number of rotatable bonds is 6. The highest BCUT2D eigenvalue weighted by Crippen LogP contribution is 2.35. The highest BCUT2D eigenvalue weighted by Gasteiger charge is 2.29. The molecule has 0 saturated carbocycles. The van der Waals surface area contributed by atoms with Crippen LogP contribution < -0.4 is 0 Å². The maximum atomic E-state index is 10.5. The second-order valence-electron chi connectivity index (χ2n) is 6.45. The summed E-state index contributed by atoms with van der Waals surface area (Å²) in [5.41, 5.74) is 2.79. The van der Waals surface area contributed by atoms with Crippen LogP contribution in [0.3, 0.4) is 0 Å². The summed E-state index contributed by atoms with van der Waals surface area (Å²) in [4.78, 5) is 4.53. The van der Waals surface area contributed by atoms with Crippen LogP contribution in [0.2, 0.25) is 0 Å². The van der Waals surface area contributed by atoms with Crippen LogP contribution in [-0.2, 0) is 11.2 Å². The van der Waals surface area contributed by atoms with Gasteiger partial charge in [0.05, 0.1) is 25.9 Å². The monoisotopic (exact) mass is 314 g/mol. The Morgan fingerprint density at radius 2 is 2.13 bits per heavy atom. The quantitative estimate of drug-likeness (QED) is 0.803. The van der Waals surface area contributed by atoms with Crippen molar-refractivity contribution in [3.63, 3.8) is 0 Å². The van der Waals surface area contributed by atoms with Crippen LogP contribution in [0.1, 0.15) is 23.6 Å². The molecule has 0 radical (unpaired) electrons. The molecule has 1 aromatic carbocycles. The molecular weight excluding hydrogens is 288 g/mol. The number of aryl methyl sites for hydroxylation is 1. The largest absolute Gasteiger partial charge is 0.390 e. The van der Waals surface area contributed by atoms with Crippen LogP contribution in [0.4, 0.5) is 0 Å². The summed E-state index contributed by atoms with van der Waals surface area (Å²) in [7, 11) is 0. The molecule has 2 aliphatic rings. The number of β-amino-alcohol motifs (C(OH)–C–C–N with tert-alkyl or cyclic N) is 1. The van der Waals surface area contributed by atoms with Gasteiger partial charge in [0, 0.05) is 32.2 Å². The third-order valence-corrected chi connectivity index (χ3v) is 4.85. The minimum atomic E-state index is -0.380. The maximum absolute atomic E-state index is 10.5. The summed E-state index contributed by atoms with van der Waals surface area (Å²) in [6.45, 7) is 5.23. The summed E-state index contributed by atoms with van der Waals surface area (Å²) in [5.74, 6) is 2.77. The van der Waals surface area contributed by atoms with Crippen LogP contribution in [0, 0.1) is 12.3 Å². The Labute approximate surface area is 139 Å². The van der Waals surface area contributed by atoms with E-state index in [2.05, 4.69) is 40.0 Å². The smallest absolute Gasteiger partial charge is 0.0794 e. The van der Waals surface area contributed by atoms with Crippen molar-refractivity contribution in [2.75, 3.05) is 45.9 Å². The molecule has 3 rings (SSSR count). The van der Waals surface area contributed by atoms with Gasteiger partial charge in [0.1, 0.15) is 0 Å². The molecule has 0 unspecified atom stereocenters. The fourth-order valence-electron chi connectivity index (χ4n) is 3.74. The van der Waals surface area contributed by atoms with Crippen LogP contribution in [0.15, 0.2) is 24.3 Å². The summed E-state index contributed by atoms with van der Waals surface area (Å²) in [6.07, 6.45) is 7.38. The molecule has 0 spiro atoms. The molecule has 1 N–H and O–H groups in total. The number of fused-ring (bicyclic) bond motifs is 1. The molecule has 1 aliphatic heterocycles. The fourth-order valence-corrected chi connectivity index (χ4v) is 3.74. The summed E-state index contributed by atoms with van der Waals surface area (Å²) in [5, 5.41) is 10.5. The highest BCUT2D eigenvalue weighted by atomic mass is 16.5. The number of aliphatic hydroxyl groups excluding tert-OH is 1. The van der Waals surface area contributed by atoms with Crippen molar-refractivity contribution in [3.05, 3.63) is 35.4 Å². The first-order valence-electron chi connectivity index (χ1n) is 8.51. The van der Waals surface area contributed by atoms with Crippen molar-refractivity contribution in [2.45, 2.75) is 25.0 Å². The minimum Gasteiger partial charge on any atom is -0.390 e. The zero-order valence-electron chi connectivity index (χ0n) is 13.7. The number of hydrogen-bond donors (Lipinski definition) is 1. The lowest BCUT2D eigenvalue weighted by atomic mass is 10.1. The molecule has 0 bridgehead atoms. The van der Waals surface area contributed by atoms with E-state index in [1.54, 1.807) is 0 Å². The number of morpholine rings is 1. The van der Waals surface area contributed by atoms with Crippen molar-refractivity contribution in [1.82, 2.24) is 9.80 Å². The van der Waals surface area contributed by atoms with Crippen molar-refractivity contribution in [3.8, 4) is 12.3 Å². The average molecular weight is 314 g/mol. The zero-order chi connectivity index (χ0) is 16.1. The molecule has 124 valence electrons. The van der Waals surface area contributed by atoms with Gasteiger partial charge in [-0.3, -0.25) is 9.80 Å². The van der Waals surface area contributed by atoms with Crippen molar-refractivity contribution in [2.24, 2.45) is 0 Å². The Morgan fingerprint density at radius 3 is 2.91 bits per heavy atom. The van der Waals surface area contributed by atoms with Gasteiger partial charge in [0.2, 0.25) is 0 Å². The molecule has 23 heavy (non-hydrogen) atoms. The van der Waals surface area contributed by atoms with Gasteiger partial charge in [-0.2, -0.15) is 0 Å². The topological polar surface area (TPSA) is 35.9 Å². The van der Waals surface area contributed by atoms with Crippen LogP contribution >= 0.6 is 0 Å². The average Bonchev–Trinajstić information content (AvgIpc) is 2.99. The first-order valence-corrected chi connectivity index (χ1v) is 8.51. The third kappa shape index (κ3) is 4.13. The van der Waals surface area contributed by atoms with Crippen molar-refractivity contribution in [1.29, 1.82) is 0 Å². The Bertz CT molecular complexity index is 549. The summed E-state index contributed by atoms with van der Waals surface area (Å²) in [6, 6.07) is 8.93. The number of terminal acetylenes is 1. The number of hydrogen-bond acceptors (Lipinski definition) is 4. The van der Waals surface area contributed by atoms with Gasteiger partial charge in [-0.25, -0.2) is 0 Å². The van der Waals surface area contributed by atoms with Crippen molar-refractivity contribution < 1.29 is 9.84 Å². The van der Waals surface area contributed by atoms with E-state index in [4.69, 9.17) is 11.2 Å². The van der Waals surface area contributed by atoms with E-state index in [1.165, 1.54) is 11.1 Å². The second kappa shape index (κ2) is 7.94. The third-order valence-electron chi connectivity index (χ3n) is 4.85. The van der Waals surface area contributed by atoms with Gasteiger partial charge >= 0.3 is 0 Å². The molecule has 1 aliphatic carbocycles. The second-order valence-corrected chi connectivity index (χ2v) is 6.45. The zero-order valence-corrected chi connectivity index (χ0v) is 13.7. The van der Waals surface area contributed by atoms with Gasteiger partial charge in [-0.05, 0) is 24.0 Å². The van der Waals surface area contributed by atoms with Gasteiger partial charge in [0.15, 0.2) is 0 Å². The van der Waals surface area contributed by atoms with Gasteiger partial charge in [0.25, 0.3) is 0 Å². The minimum absolute atomic E-state index is 0.335. The lowest BCUT2D eigenvalue weighted by molar-refractivity contribution is 0.00439. The summed E-state index contributed by atoms with van der Waals surface area (Å²) < 4.78 is 5.36. The van der Waals surface area contributed by atoms with Crippen LogP contribution in [0.5, 0.6) is 0 Å². The van der Waals surface area contributed by atoms with Gasteiger partial charge in [-0.15, -0.1) is 6.42 Å². The lowest BCUT2D eigenvalue weighted by Gasteiger charge is -2.33. The van der Waals surface area contributed by atoms with E-state index in [1.807, 2.05) is 0 Å². The van der Waals surface area contributed by atoms with E-state index >= 15 is 0 Å². The Morgan fingerprint density at radius 1 is 1.35 bits per heavy atom. The van der Waals surface area contributed by atoms with Crippen molar-refractivity contribution >= 4 is 0 Å². The Kier molecular flexibility index (Phi) is 5.69. The molecule has 0 aromatic heterocycles. The lowest BCUT2D eigenvalue weighted by Crippen LogP contribution is -2.45. The Balaban J connectivity index is 1.62. The predicted molar refractivity (Wildman–Crippen MR) is 91.2 cm³/mol. The van der Waals surface area contributed by atoms with E-state index in [-0.39, 0.29) is 6.10 Å². The van der Waals surface area contributed by atoms with E-state index in [0.717, 1.165) is 39.1 Å². The normalized spacial score (nSPS) is 22.7. The summed E-state index contributed by atoms with van der Waals surface area (Å²) >= 11 is 0. The van der Waals surface area contributed by atoms with Gasteiger partial charge < -0.3 is 9.84 Å².